The molecular formula is C10H8F2N2O2S2. The third-order valence-electron chi connectivity index (χ3n) is 1.99. The molecule has 0 spiro atoms. The van der Waals surface area contributed by atoms with Gasteiger partial charge < -0.3 is 0 Å². The highest BCUT2D eigenvalue weighted by Crippen LogP contribution is 2.21. The van der Waals surface area contributed by atoms with Crippen LogP contribution < -0.4 is 4.72 Å². The molecule has 2 aromatic rings. The first kappa shape index (κ1) is 12.9. The van der Waals surface area contributed by atoms with Gasteiger partial charge in [-0.25, -0.2) is 22.2 Å². The van der Waals surface area contributed by atoms with Gasteiger partial charge in [0, 0.05) is 17.1 Å². The van der Waals surface area contributed by atoms with Crippen LogP contribution in [0.2, 0.25) is 0 Å². The molecule has 4 nitrogen and oxygen atoms in total. The third kappa shape index (κ3) is 2.82. The van der Waals surface area contributed by atoms with Crippen molar-refractivity contribution in [2.75, 3.05) is 4.72 Å². The molecule has 0 radical (unpaired) electrons. The molecular weight excluding hydrogens is 282 g/mol. The van der Waals surface area contributed by atoms with Crippen molar-refractivity contribution in [3.63, 3.8) is 0 Å². The van der Waals surface area contributed by atoms with Gasteiger partial charge in [-0.2, -0.15) is 0 Å². The number of nitrogens with zero attached hydrogens (tertiary/aromatic N) is 1. The van der Waals surface area contributed by atoms with E-state index in [-0.39, 0.29) is 5.13 Å². The van der Waals surface area contributed by atoms with Gasteiger partial charge in [0.2, 0.25) is 0 Å². The minimum atomic E-state index is -4.03. The van der Waals surface area contributed by atoms with E-state index in [0.29, 0.717) is 6.07 Å². The van der Waals surface area contributed by atoms with Crippen molar-refractivity contribution in [2.24, 2.45) is 0 Å². The number of hydrogen-bond acceptors (Lipinski definition) is 4. The molecule has 0 fully saturated rings. The number of halogens is 2. The molecule has 1 heterocycles. The normalized spacial score (nSPS) is 11.5. The number of thiazole rings is 1. The molecule has 8 heteroatoms. The smallest absolute Gasteiger partial charge is 0.255 e. The van der Waals surface area contributed by atoms with Gasteiger partial charge in [0.25, 0.3) is 10.0 Å². The van der Waals surface area contributed by atoms with Crippen molar-refractivity contribution in [3.8, 4) is 0 Å². The van der Waals surface area contributed by atoms with E-state index in [1.807, 2.05) is 0 Å². The fraction of sp³-hybridized carbons (Fsp3) is 0.100. The maximum Gasteiger partial charge on any atom is 0.263 e. The summed E-state index contributed by atoms with van der Waals surface area (Å²) < 4.78 is 51.7. The quantitative estimate of drug-likeness (QED) is 0.945. The van der Waals surface area contributed by atoms with Crippen LogP contribution >= 0.6 is 11.3 Å². The second kappa shape index (κ2) is 4.62. The van der Waals surface area contributed by atoms with Crippen LogP contribution in [0.25, 0.3) is 0 Å². The number of benzene rings is 1. The Bertz CT molecular complexity index is 663. The van der Waals surface area contributed by atoms with Crippen molar-refractivity contribution in [1.82, 2.24) is 4.98 Å². The molecule has 0 saturated heterocycles. The Balaban J connectivity index is 2.36. The van der Waals surface area contributed by atoms with Crippen LogP contribution in [0.15, 0.2) is 29.3 Å². The highest BCUT2D eigenvalue weighted by Gasteiger charge is 2.17. The molecule has 0 atom stereocenters. The summed E-state index contributed by atoms with van der Waals surface area (Å²) in [7, 11) is -4.03. The number of aromatic nitrogens is 1. The maximum atomic E-state index is 13.0. The lowest BCUT2D eigenvalue weighted by Crippen LogP contribution is -2.13. The minimum absolute atomic E-state index is 0.150. The first-order valence-corrected chi connectivity index (χ1v) is 7.08. The van der Waals surface area contributed by atoms with Gasteiger partial charge in [-0.3, -0.25) is 4.72 Å². The van der Waals surface area contributed by atoms with Gasteiger partial charge in [0.15, 0.2) is 5.13 Å². The second-order valence-electron chi connectivity index (χ2n) is 3.49. The molecule has 1 aromatic carbocycles. The fourth-order valence-corrected chi connectivity index (χ4v) is 3.21. The van der Waals surface area contributed by atoms with Crippen LogP contribution in [0, 0.1) is 18.6 Å². The maximum absolute atomic E-state index is 13.0. The zero-order valence-electron chi connectivity index (χ0n) is 9.15. The summed E-state index contributed by atoms with van der Waals surface area (Å²) in [5, 5.41) is 0.150. The highest BCUT2D eigenvalue weighted by atomic mass is 32.2. The van der Waals surface area contributed by atoms with E-state index in [1.54, 1.807) is 6.92 Å². The lowest BCUT2D eigenvalue weighted by atomic mass is 10.3. The Morgan fingerprint density at radius 3 is 2.33 bits per heavy atom. The standard InChI is InChI=1S/C10H8F2N2O2S2/c1-6-5-13-10(17-6)14-18(15,16)9-3-7(11)2-8(12)4-9/h2-5H,1H3,(H,13,14). The molecule has 1 N–H and O–H groups in total. The van der Waals surface area contributed by atoms with Crippen LogP contribution in [0.5, 0.6) is 0 Å². The highest BCUT2D eigenvalue weighted by molar-refractivity contribution is 7.93. The molecule has 18 heavy (non-hydrogen) atoms. The van der Waals surface area contributed by atoms with E-state index < -0.39 is 26.6 Å². The topological polar surface area (TPSA) is 59.1 Å². The fourth-order valence-electron chi connectivity index (χ4n) is 1.26. The van der Waals surface area contributed by atoms with Gasteiger partial charge in [-0.1, -0.05) is 0 Å². The van der Waals surface area contributed by atoms with Gasteiger partial charge >= 0.3 is 0 Å². The summed E-state index contributed by atoms with van der Waals surface area (Å²) in [6.07, 6.45) is 1.49. The zero-order chi connectivity index (χ0) is 13.3. The number of nitrogens with one attached hydrogen (secondary N) is 1. The Labute approximate surface area is 106 Å². The Morgan fingerprint density at radius 1 is 1.22 bits per heavy atom. The molecule has 0 amide bonds. The van der Waals surface area contributed by atoms with E-state index in [2.05, 4.69) is 9.71 Å². The monoisotopic (exact) mass is 290 g/mol. The van der Waals surface area contributed by atoms with Crippen molar-refractivity contribution < 1.29 is 17.2 Å². The average Bonchev–Trinajstić information content (AvgIpc) is 2.61. The number of hydrogen-bond donors (Lipinski definition) is 1. The first-order valence-electron chi connectivity index (χ1n) is 4.78. The van der Waals surface area contributed by atoms with Crippen molar-refractivity contribution in [3.05, 3.63) is 40.9 Å². The minimum Gasteiger partial charge on any atom is -0.255 e. The Kier molecular flexibility index (Phi) is 3.31. The SMILES string of the molecule is Cc1cnc(NS(=O)(=O)c2cc(F)cc(F)c2)s1. The molecule has 0 aliphatic carbocycles. The lowest BCUT2D eigenvalue weighted by molar-refractivity contribution is 0.568. The van der Waals surface area contributed by atoms with Crippen molar-refractivity contribution in [1.29, 1.82) is 0 Å². The summed E-state index contributed by atoms with van der Waals surface area (Å²) >= 11 is 1.13. The van der Waals surface area contributed by atoms with Crippen LogP contribution in [-0.2, 0) is 10.0 Å². The predicted octanol–water partition coefficient (Wildman–Crippen LogP) is 2.53. The van der Waals surface area contributed by atoms with Crippen molar-refractivity contribution >= 4 is 26.5 Å². The molecule has 0 aliphatic rings. The Hall–Kier alpha value is -1.54. The molecule has 0 bridgehead atoms. The summed E-state index contributed by atoms with van der Waals surface area (Å²) in [5.74, 6) is -1.91. The third-order valence-corrected chi connectivity index (χ3v) is 4.27. The van der Waals surface area contributed by atoms with E-state index in [1.165, 1.54) is 6.20 Å². The summed E-state index contributed by atoms with van der Waals surface area (Å²) in [4.78, 5) is 4.15. The van der Waals surface area contributed by atoms with Crippen molar-refractivity contribution in [2.45, 2.75) is 11.8 Å². The summed E-state index contributed by atoms with van der Waals surface area (Å²) in [5.41, 5.74) is 0. The molecule has 0 aliphatic heterocycles. The Morgan fingerprint density at radius 2 is 1.83 bits per heavy atom. The van der Waals surface area contributed by atoms with E-state index in [0.717, 1.165) is 28.3 Å². The number of rotatable bonds is 3. The lowest BCUT2D eigenvalue weighted by Gasteiger charge is -2.05. The average molecular weight is 290 g/mol. The molecule has 1 aromatic heterocycles. The zero-order valence-corrected chi connectivity index (χ0v) is 10.8. The van der Waals surface area contributed by atoms with Gasteiger partial charge in [0.05, 0.1) is 4.90 Å². The van der Waals surface area contributed by atoms with Crippen LogP contribution in [-0.4, -0.2) is 13.4 Å². The molecule has 96 valence electrons. The van der Waals surface area contributed by atoms with Gasteiger partial charge in [0.1, 0.15) is 11.6 Å². The van der Waals surface area contributed by atoms with Gasteiger partial charge in [-0.15, -0.1) is 11.3 Å². The number of anilines is 1. The van der Waals surface area contributed by atoms with Gasteiger partial charge in [-0.05, 0) is 19.1 Å². The van der Waals surface area contributed by atoms with Crippen LogP contribution in [0.4, 0.5) is 13.9 Å². The summed E-state index contributed by atoms with van der Waals surface area (Å²) in [6, 6.07) is 2.09. The van der Waals surface area contributed by atoms with E-state index in [4.69, 9.17) is 0 Å². The number of aryl methyl sites for hydroxylation is 1. The number of sulfonamides is 1. The van der Waals surface area contributed by atoms with Crippen LogP contribution in [0.3, 0.4) is 0 Å². The predicted molar refractivity (Wildman–Crippen MR) is 64.0 cm³/mol. The van der Waals surface area contributed by atoms with Crippen LogP contribution in [0.1, 0.15) is 4.88 Å². The molecule has 0 unspecified atom stereocenters. The molecule has 2 rings (SSSR count). The van der Waals surface area contributed by atoms with E-state index in [9.17, 15) is 17.2 Å². The largest absolute Gasteiger partial charge is 0.263 e. The summed E-state index contributed by atoms with van der Waals surface area (Å²) in [6.45, 7) is 1.76. The molecule has 0 saturated carbocycles. The first-order chi connectivity index (χ1) is 8.37. The second-order valence-corrected chi connectivity index (χ2v) is 6.40. The van der Waals surface area contributed by atoms with E-state index >= 15 is 0 Å².